The number of hydrogen-bond donors (Lipinski definition) is 1. The van der Waals surface area contributed by atoms with Crippen LogP contribution in [0.1, 0.15) is 43.0 Å². The molecule has 0 atom stereocenters. The Morgan fingerprint density at radius 2 is 2.12 bits per heavy atom. The molecular formula is C16H19BrF3N5O. The molecule has 0 bridgehead atoms. The molecule has 1 aliphatic carbocycles. The summed E-state index contributed by atoms with van der Waals surface area (Å²) in [7, 11) is 0. The van der Waals surface area contributed by atoms with Gasteiger partial charge in [-0.05, 0) is 41.3 Å². The first kappa shape index (κ1) is 18.9. The number of carbonyl (C=O) groups excluding carboxylic acids is 1. The summed E-state index contributed by atoms with van der Waals surface area (Å²) in [5.74, 6) is 0.0667. The number of amides is 1. The van der Waals surface area contributed by atoms with Gasteiger partial charge in [0, 0.05) is 43.9 Å². The number of rotatable bonds is 8. The van der Waals surface area contributed by atoms with Gasteiger partial charge in [0.2, 0.25) is 5.91 Å². The van der Waals surface area contributed by atoms with E-state index >= 15 is 0 Å². The number of alkyl halides is 3. The van der Waals surface area contributed by atoms with Crippen LogP contribution in [0.3, 0.4) is 0 Å². The van der Waals surface area contributed by atoms with Gasteiger partial charge in [-0.2, -0.15) is 23.4 Å². The van der Waals surface area contributed by atoms with Gasteiger partial charge in [-0.3, -0.25) is 14.2 Å². The molecule has 1 saturated carbocycles. The van der Waals surface area contributed by atoms with Gasteiger partial charge in [0.25, 0.3) is 0 Å². The maximum Gasteiger partial charge on any atom is 0.435 e. The zero-order valence-electron chi connectivity index (χ0n) is 14.0. The molecule has 10 heteroatoms. The topological polar surface area (TPSA) is 64.7 Å². The zero-order valence-corrected chi connectivity index (χ0v) is 15.6. The van der Waals surface area contributed by atoms with Crippen molar-refractivity contribution in [3.8, 4) is 0 Å². The van der Waals surface area contributed by atoms with Crippen LogP contribution in [0.5, 0.6) is 0 Å². The molecule has 1 amide bonds. The molecule has 6 nitrogen and oxygen atoms in total. The Bertz CT molecular complexity index is 766. The number of halogens is 4. The van der Waals surface area contributed by atoms with Crippen molar-refractivity contribution in [2.75, 3.05) is 6.54 Å². The summed E-state index contributed by atoms with van der Waals surface area (Å²) in [6.45, 7) is 1.22. The van der Waals surface area contributed by atoms with Crippen molar-refractivity contribution in [3.05, 3.63) is 34.3 Å². The number of aryl methyl sites for hydroxylation is 2. The van der Waals surface area contributed by atoms with E-state index < -0.39 is 11.9 Å². The highest BCUT2D eigenvalue weighted by molar-refractivity contribution is 9.10. The van der Waals surface area contributed by atoms with Crippen LogP contribution in [0.4, 0.5) is 13.2 Å². The highest BCUT2D eigenvalue weighted by Crippen LogP contribution is 2.42. The molecule has 0 unspecified atom stereocenters. The lowest BCUT2D eigenvalue weighted by Crippen LogP contribution is -2.26. The van der Waals surface area contributed by atoms with Crippen LogP contribution in [0.15, 0.2) is 22.9 Å². The van der Waals surface area contributed by atoms with Crippen molar-refractivity contribution in [1.82, 2.24) is 24.9 Å². The van der Waals surface area contributed by atoms with Gasteiger partial charge >= 0.3 is 6.18 Å². The number of carbonyl (C=O) groups is 1. The summed E-state index contributed by atoms with van der Waals surface area (Å²) in [5, 5.41) is 10.5. The van der Waals surface area contributed by atoms with Crippen molar-refractivity contribution in [2.24, 2.45) is 0 Å². The SMILES string of the molecule is O=C(CCn1cc(Br)cn1)NCCCn1nc(C(F)(F)F)cc1C1CC1. The standard InChI is InChI=1S/C16H19BrF3N5O/c17-12-9-22-24(10-12)7-4-15(26)21-5-1-6-25-13(11-2-3-11)8-14(23-25)16(18,19)20/h8-11H,1-7H2,(H,21,26). The monoisotopic (exact) mass is 433 g/mol. The maximum atomic E-state index is 12.8. The summed E-state index contributed by atoms with van der Waals surface area (Å²) < 4.78 is 42.5. The summed E-state index contributed by atoms with van der Waals surface area (Å²) in [6.07, 6.45) is 1.63. The average molecular weight is 434 g/mol. The fourth-order valence-corrected chi connectivity index (χ4v) is 3.01. The van der Waals surface area contributed by atoms with Gasteiger partial charge in [0.1, 0.15) is 0 Å². The lowest BCUT2D eigenvalue weighted by atomic mass is 10.2. The molecule has 0 radical (unpaired) electrons. The Kier molecular flexibility index (Phi) is 5.69. The third-order valence-corrected chi connectivity index (χ3v) is 4.55. The molecular weight excluding hydrogens is 415 g/mol. The van der Waals surface area contributed by atoms with E-state index in [2.05, 4.69) is 31.4 Å². The minimum Gasteiger partial charge on any atom is -0.356 e. The normalized spacial score (nSPS) is 14.6. The van der Waals surface area contributed by atoms with Crippen molar-refractivity contribution < 1.29 is 18.0 Å². The summed E-state index contributed by atoms with van der Waals surface area (Å²) in [4.78, 5) is 11.8. The Hall–Kier alpha value is -1.84. The first-order valence-electron chi connectivity index (χ1n) is 8.42. The minimum atomic E-state index is -4.43. The molecule has 1 N–H and O–H groups in total. The summed E-state index contributed by atoms with van der Waals surface area (Å²) >= 11 is 3.28. The zero-order chi connectivity index (χ0) is 18.7. The van der Waals surface area contributed by atoms with Crippen LogP contribution in [0, 0.1) is 0 Å². The maximum absolute atomic E-state index is 12.8. The lowest BCUT2D eigenvalue weighted by Gasteiger charge is -2.08. The quantitative estimate of drug-likeness (QED) is 0.649. The molecule has 26 heavy (non-hydrogen) atoms. The second kappa shape index (κ2) is 7.81. The minimum absolute atomic E-state index is 0.115. The van der Waals surface area contributed by atoms with E-state index in [1.807, 2.05) is 0 Å². The third kappa shape index (κ3) is 5.09. The molecule has 0 aromatic carbocycles. The smallest absolute Gasteiger partial charge is 0.356 e. The average Bonchev–Trinajstić information content (AvgIpc) is 3.18. The van der Waals surface area contributed by atoms with Gasteiger partial charge in [-0.15, -0.1) is 0 Å². The van der Waals surface area contributed by atoms with Crippen LogP contribution in [-0.2, 0) is 24.1 Å². The van der Waals surface area contributed by atoms with Crippen LogP contribution in [0.2, 0.25) is 0 Å². The lowest BCUT2D eigenvalue weighted by molar-refractivity contribution is -0.141. The van der Waals surface area contributed by atoms with Crippen LogP contribution in [-0.4, -0.2) is 32.0 Å². The van der Waals surface area contributed by atoms with E-state index in [1.54, 1.807) is 17.1 Å². The van der Waals surface area contributed by atoms with E-state index in [9.17, 15) is 18.0 Å². The largest absolute Gasteiger partial charge is 0.435 e. The van der Waals surface area contributed by atoms with Gasteiger partial charge < -0.3 is 5.32 Å². The molecule has 0 spiro atoms. The molecule has 1 fully saturated rings. The highest BCUT2D eigenvalue weighted by Gasteiger charge is 2.37. The van der Waals surface area contributed by atoms with Crippen LogP contribution >= 0.6 is 15.9 Å². The van der Waals surface area contributed by atoms with Crippen molar-refractivity contribution in [2.45, 2.75) is 50.9 Å². The fourth-order valence-electron chi connectivity index (χ4n) is 2.68. The molecule has 1 aliphatic rings. The van der Waals surface area contributed by atoms with Crippen LogP contribution in [0.25, 0.3) is 0 Å². The number of nitrogens with one attached hydrogen (secondary N) is 1. The van der Waals surface area contributed by atoms with Crippen molar-refractivity contribution in [3.63, 3.8) is 0 Å². The first-order chi connectivity index (χ1) is 12.3. The Balaban J connectivity index is 1.43. The molecule has 2 aromatic heterocycles. The van der Waals surface area contributed by atoms with E-state index in [0.29, 0.717) is 38.2 Å². The predicted octanol–water partition coefficient (Wildman–Crippen LogP) is 3.33. The van der Waals surface area contributed by atoms with Gasteiger partial charge in [-0.25, -0.2) is 0 Å². The van der Waals surface area contributed by atoms with Gasteiger partial charge in [0.05, 0.1) is 10.7 Å². The second-order valence-electron chi connectivity index (χ2n) is 6.32. The highest BCUT2D eigenvalue weighted by atomic mass is 79.9. The fraction of sp³-hybridized carbons (Fsp3) is 0.562. The predicted molar refractivity (Wildman–Crippen MR) is 91.4 cm³/mol. The molecule has 2 heterocycles. The Morgan fingerprint density at radius 1 is 1.35 bits per heavy atom. The van der Waals surface area contributed by atoms with Gasteiger partial charge in [-0.1, -0.05) is 0 Å². The molecule has 0 aliphatic heterocycles. The van der Waals surface area contributed by atoms with Crippen molar-refractivity contribution >= 4 is 21.8 Å². The molecule has 3 rings (SSSR count). The van der Waals surface area contributed by atoms with E-state index in [1.165, 1.54) is 4.68 Å². The van der Waals surface area contributed by atoms with E-state index in [-0.39, 0.29) is 11.8 Å². The first-order valence-corrected chi connectivity index (χ1v) is 9.22. The number of hydrogen-bond acceptors (Lipinski definition) is 3. The van der Waals surface area contributed by atoms with E-state index in [0.717, 1.165) is 23.4 Å². The Morgan fingerprint density at radius 3 is 2.73 bits per heavy atom. The van der Waals surface area contributed by atoms with E-state index in [4.69, 9.17) is 0 Å². The second-order valence-corrected chi connectivity index (χ2v) is 7.24. The third-order valence-electron chi connectivity index (χ3n) is 4.14. The van der Waals surface area contributed by atoms with Gasteiger partial charge in [0.15, 0.2) is 5.69 Å². The summed E-state index contributed by atoms with van der Waals surface area (Å²) in [6, 6.07) is 1.15. The van der Waals surface area contributed by atoms with Crippen molar-refractivity contribution in [1.29, 1.82) is 0 Å². The number of nitrogens with zero attached hydrogens (tertiary/aromatic N) is 4. The van der Waals surface area contributed by atoms with Crippen LogP contribution < -0.4 is 5.32 Å². The Labute approximate surface area is 156 Å². The molecule has 142 valence electrons. The molecule has 0 saturated heterocycles. The summed E-state index contributed by atoms with van der Waals surface area (Å²) in [5.41, 5.74) is -0.193. The number of aromatic nitrogens is 4. The molecule has 2 aromatic rings.